The zero-order chi connectivity index (χ0) is 20.1. The minimum absolute atomic E-state index is 0.0699. The SMILES string of the molecule is COc1cc2c(cc1OC)CN(C(=O)CNC(=O)c1ccccc1OC)CC2. The van der Waals surface area contributed by atoms with Crippen LogP contribution >= 0.6 is 0 Å². The number of hydrogen-bond acceptors (Lipinski definition) is 5. The molecule has 7 heteroatoms. The van der Waals surface area contributed by atoms with Crippen molar-refractivity contribution in [1.29, 1.82) is 0 Å². The van der Waals surface area contributed by atoms with Crippen LogP contribution in [0.3, 0.4) is 0 Å². The first-order chi connectivity index (χ1) is 13.6. The van der Waals surface area contributed by atoms with Crippen LogP contribution in [0.1, 0.15) is 21.5 Å². The number of nitrogens with one attached hydrogen (secondary N) is 1. The number of ether oxygens (including phenoxy) is 3. The van der Waals surface area contributed by atoms with Crippen molar-refractivity contribution in [3.63, 3.8) is 0 Å². The molecule has 0 radical (unpaired) electrons. The van der Waals surface area contributed by atoms with Crippen molar-refractivity contribution in [2.24, 2.45) is 0 Å². The fourth-order valence-electron chi connectivity index (χ4n) is 3.29. The maximum absolute atomic E-state index is 12.6. The number of para-hydroxylation sites is 1. The number of nitrogens with zero attached hydrogens (tertiary/aromatic N) is 1. The van der Waals surface area contributed by atoms with Crippen LogP contribution in [0.25, 0.3) is 0 Å². The minimum Gasteiger partial charge on any atom is -0.496 e. The highest BCUT2D eigenvalue weighted by Gasteiger charge is 2.23. The Hall–Kier alpha value is -3.22. The van der Waals surface area contributed by atoms with Gasteiger partial charge >= 0.3 is 0 Å². The van der Waals surface area contributed by atoms with Crippen molar-refractivity contribution in [2.75, 3.05) is 34.4 Å². The van der Waals surface area contributed by atoms with Crippen LogP contribution in [0.5, 0.6) is 17.2 Å². The molecule has 28 heavy (non-hydrogen) atoms. The third-order valence-electron chi connectivity index (χ3n) is 4.82. The van der Waals surface area contributed by atoms with E-state index in [0.29, 0.717) is 35.9 Å². The molecular weight excluding hydrogens is 360 g/mol. The normalized spacial score (nSPS) is 12.8. The molecule has 0 saturated carbocycles. The number of rotatable bonds is 6. The summed E-state index contributed by atoms with van der Waals surface area (Å²) in [5.74, 6) is 1.32. The summed E-state index contributed by atoms with van der Waals surface area (Å²) in [5, 5.41) is 2.68. The lowest BCUT2D eigenvalue weighted by Gasteiger charge is -2.29. The first kappa shape index (κ1) is 19.5. The van der Waals surface area contributed by atoms with E-state index in [1.165, 1.54) is 7.11 Å². The largest absolute Gasteiger partial charge is 0.496 e. The van der Waals surface area contributed by atoms with Gasteiger partial charge in [0.2, 0.25) is 5.91 Å². The van der Waals surface area contributed by atoms with Gasteiger partial charge in [0.1, 0.15) is 5.75 Å². The maximum atomic E-state index is 12.6. The van der Waals surface area contributed by atoms with Crippen molar-refractivity contribution < 1.29 is 23.8 Å². The molecule has 0 atom stereocenters. The zero-order valence-electron chi connectivity index (χ0n) is 16.3. The Morgan fingerprint density at radius 2 is 1.61 bits per heavy atom. The molecule has 148 valence electrons. The molecule has 0 unspecified atom stereocenters. The summed E-state index contributed by atoms with van der Waals surface area (Å²) in [6, 6.07) is 10.8. The van der Waals surface area contributed by atoms with Gasteiger partial charge in [0.05, 0.1) is 33.4 Å². The Balaban J connectivity index is 1.64. The third-order valence-corrected chi connectivity index (χ3v) is 4.82. The quantitative estimate of drug-likeness (QED) is 0.825. The summed E-state index contributed by atoms with van der Waals surface area (Å²) in [5.41, 5.74) is 2.56. The number of hydrogen-bond donors (Lipinski definition) is 1. The van der Waals surface area contributed by atoms with Crippen LogP contribution in [-0.4, -0.2) is 51.1 Å². The summed E-state index contributed by atoms with van der Waals surface area (Å²) < 4.78 is 15.9. The summed E-state index contributed by atoms with van der Waals surface area (Å²) in [7, 11) is 4.70. The number of fused-ring (bicyclic) bond motifs is 1. The highest BCUT2D eigenvalue weighted by atomic mass is 16.5. The van der Waals surface area contributed by atoms with E-state index in [1.807, 2.05) is 12.1 Å². The molecule has 2 aromatic carbocycles. The molecule has 2 aromatic rings. The lowest BCUT2D eigenvalue weighted by atomic mass is 9.98. The fourth-order valence-corrected chi connectivity index (χ4v) is 3.29. The molecule has 1 N–H and O–H groups in total. The van der Waals surface area contributed by atoms with E-state index < -0.39 is 0 Å². The maximum Gasteiger partial charge on any atom is 0.255 e. The highest BCUT2D eigenvalue weighted by Crippen LogP contribution is 2.33. The predicted octanol–water partition coefficient (Wildman–Crippen LogP) is 2.03. The van der Waals surface area contributed by atoms with Crippen molar-refractivity contribution >= 4 is 11.8 Å². The molecule has 0 fully saturated rings. The molecule has 0 saturated heterocycles. The molecular formula is C21H24N2O5. The van der Waals surface area contributed by atoms with E-state index in [4.69, 9.17) is 14.2 Å². The first-order valence-corrected chi connectivity index (χ1v) is 9.00. The van der Waals surface area contributed by atoms with Crippen LogP contribution in [0, 0.1) is 0 Å². The van der Waals surface area contributed by atoms with Crippen LogP contribution in [0.15, 0.2) is 36.4 Å². The lowest BCUT2D eigenvalue weighted by Crippen LogP contribution is -2.42. The standard InChI is InChI=1S/C21H24N2O5/c1-26-17-7-5-4-6-16(17)21(25)22-12-20(24)23-9-8-14-10-18(27-2)19(28-3)11-15(14)13-23/h4-7,10-11H,8-9,12-13H2,1-3H3,(H,22,25). The van der Waals surface area contributed by atoms with Crippen molar-refractivity contribution in [3.05, 3.63) is 53.1 Å². The van der Waals surface area contributed by atoms with Crippen LogP contribution in [0.2, 0.25) is 0 Å². The van der Waals surface area contributed by atoms with Gasteiger partial charge in [-0.3, -0.25) is 9.59 Å². The number of benzene rings is 2. The number of carbonyl (C=O) groups excluding carboxylic acids is 2. The van der Waals surface area contributed by atoms with Crippen LogP contribution < -0.4 is 19.5 Å². The Morgan fingerprint density at radius 1 is 0.964 bits per heavy atom. The number of carbonyl (C=O) groups is 2. The molecule has 7 nitrogen and oxygen atoms in total. The van der Waals surface area contributed by atoms with E-state index in [9.17, 15) is 9.59 Å². The molecule has 1 heterocycles. The zero-order valence-corrected chi connectivity index (χ0v) is 16.3. The topological polar surface area (TPSA) is 77.1 Å². The van der Waals surface area contributed by atoms with E-state index in [-0.39, 0.29) is 18.4 Å². The average Bonchev–Trinajstić information content (AvgIpc) is 2.75. The Labute approximate surface area is 164 Å². The predicted molar refractivity (Wildman–Crippen MR) is 104 cm³/mol. The summed E-state index contributed by atoms with van der Waals surface area (Å²) in [6.45, 7) is 0.990. The second kappa shape index (κ2) is 8.65. The monoisotopic (exact) mass is 384 g/mol. The molecule has 1 aliphatic rings. The summed E-state index contributed by atoms with van der Waals surface area (Å²) >= 11 is 0. The molecule has 3 rings (SSSR count). The van der Waals surface area contributed by atoms with Crippen molar-refractivity contribution in [1.82, 2.24) is 10.2 Å². The second-order valence-corrected chi connectivity index (χ2v) is 6.42. The van der Waals surface area contributed by atoms with Gasteiger partial charge in [0.15, 0.2) is 11.5 Å². The van der Waals surface area contributed by atoms with Crippen LogP contribution in [-0.2, 0) is 17.8 Å². The van der Waals surface area contributed by atoms with Gasteiger partial charge in [0, 0.05) is 13.1 Å². The summed E-state index contributed by atoms with van der Waals surface area (Å²) in [4.78, 5) is 26.7. The minimum atomic E-state index is -0.338. The van der Waals surface area contributed by atoms with E-state index in [0.717, 1.165) is 17.5 Å². The van der Waals surface area contributed by atoms with E-state index in [2.05, 4.69) is 5.32 Å². The fraction of sp³-hybridized carbons (Fsp3) is 0.333. The molecule has 2 amide bonds. The smallest absolute Gasteiger partial charge is 0.255 e. The average molecular weight is 384 g/mol. The summed E-state index contributed by atoms with van der Waals surface area (Å²) in [6.07, 6.45) is 0.724. The van der Waals surface area contributed by atoms with Gasteiger partial charge in [-0.2, -0.15) is 0 Å². The van der Waals surface area contributed by atoms with Gasteiger partial charge in [0.25, 0.3) is 5.91 Å². The van der Waals surface area contributed by atoms with Gasteiger partial charge in [-0.1, -0.05) is 12.1 Å². The van der Waals surface area contributed by atoms with Crippen molar-refractivity contribution in [3.8, 4) is 17.2 Å². The lowest BCUT2D eigenvalue weighted by molar-refractivity contribution is -0.131. The molecule has 1 aliphatic heterocycles. The molecule has 0 aromatic heterocycles. The van der Waals surface area contributed by atoms with Crippen LogP contribution in [0.4, 0.5) is 0 Å². The van der Waals surface area contributed by atoms with Gasteiger partial charge in [-0.15, -0.1) is 0 Å². The van der Waals surface area contributed by atoms with Gasteiger partial charge in [-0.05, 0) is 41.8 Å². The van der Waals surface area contributed by atoms with E-state index >= 15 is 0 Å². The van der Waals surface area contributed by atoms with Gasteiger partial charge < -0.3 is 24.4 Å². The highest BCUT2D eigenvalue weighted by molar-refractivity contribution is 5.98. The number of amides is 2. The second-order valence-electron chi connectivity index (χ2n) is 6.42. The van der Waals surface area contributed by atoms with E-state index in [1.54, 1.807) is 43.4 Å². The van der Waals surface area contributed by atoms with Gasteiger partial charge in [-0.25, -0.2) is 0 Å². The Bertz CT molecular complexity index is 881. The molecule has 0 bridgehead atoms. The Kier molecular flexibility index (Phi) is 6.03. The molecule has 0 spiro atoms. The number of methoxy groups -OCH3 is 3. The first-order valence-electron chi connectivity index (χ1n) is 9.00. The third kappa shape index (κ3) is 4.03. The van der Waals surface area contributed by atoms with Crippen molar-refractivity contribution in [2.45, 2.75) is 13.0 Å². The Morgan fingerprint density at radius 3 is 2.29 bits per heavy atom. The molecule has 0 aliphatic carbocycles.